The minimum Gasteiger partial charge on any atom is -0.311 e. The summed E-state index contributed by atoms with van der Waals surface area (Å²) in [6.07, 6.45) is 0. The summed E-state index contributed by atoms with van der Waals surface area (Å²) in [5, 5.41) is 0. The quantitative estimate of drug-likeness (QED) is 0.159. The molecule has 0 saturated heterocycles. The summed E-state index contributed by atoms with van der Waals surface area (Å²) in [5.41, 5.74) is 34.8. The van der Waals surface area contributed by atoms with Gasteiger partial charge >= 0.3 is 0 Å². The van der Waals surface area contributed by atoms with Gasteiger partial charge in [-0.25, -0.2) is 0 Å². The maximum Gasteiger partial charge on any atom is 0.248 e. The smallest absolute Gasteiger partial charge is 0.248 e. The first-order valence-corrected chi connectivity index (χ1v) is 31.1. The Hall–Kier alpha value is -8.85. The number of rotatable bonds is 2. The minimum absolute atomic E-state index is 0.122. The van der Waals surface area contributed by atoms with Gasteiger partial charge in [0.2, 0.25) is 13.4 Å². The zero-order valence-corrected chi connectivity index (χ0v) is 52.0. The van der Waals surface area contributed by atoms with Gasteiger partial charge in [0.15, 0.2) is 0 Å². The third-order valence-corrected chi connectivity index (χ3v) is 19.3. The zero-order valence-electron chi connectivity index (χ0n) is 52.0. The van der Waals surface area contributed by atoms with Gasteiger partial charge in [-0.2, -0.15) is 0 Å². The molecule has 4 heterocycles. The van der Waals surface area contributed by atoms with Crippen molar-refractivity contribution in [2.75, 3.05) is 9.80 Å². The van der Waals surface area contributed by atoms with Crippen molar-refractivity contribution in [3.63, 3.8) is 0 Å². The second-order valence-corrected chi connectivity index (χ2v) is 28.9. The molecule has 0 spiro atoms. The summed E-state index contributed by atoms with van der Waals surface area (Å²) in [7, 11) is 0. The van der Waals surface area contributed by atoms with Crippen LogP contribution in [-0.4, -0.2) is 13.4 Å². The number of benzene rings is 11. The molecular formula is C82H74B2N2. The molecular weight excluding hydrogens is 1030 g/mol. The van der Waals surface area contributed by atoms with Crippen LogP contribution in [0.15, 0.2) is 231 Å². The molecule has 0 bridgehead atoms. The van der Waals surface area contributed by atoms with E-state index in [1.165, 1.54) is 156 Å². The van der Waals surface area contributed by atoms with Gasteiger partial charge in [0.25, 0.3) is 0 Å². The van der Waals surface area contributed by atoms with E-state index in [9.17, 15) is 0 Å². The lowest BCUT2D eigenvalue weighted by molar-refractivity contribution is 0.568. The van der Waals surface area contributed by atoms with Crippen LogP contribution >= 0.6 is 0 Å². The molecule has 0 N–H and O–H groups in total. The number of anilines is 6. The minimum atomic E-state index is -0.170. The fourth-order valence-corrected chi connectivity index (χ4v) is 14.8. The normalized spacial score (nSPS) is 13.7. The molecule has 0 fully saturated rings. The summed E-state index contributed by atoms with van der Waals surface area (Å²) in [6.45, 7) is 28.1. The van der Waals surface area contributed by atoms with Gasteiger partial charge in [-0.3, -0.25) is 0 Å². The van der Waals surface area contributed by atoms with Crippen molar-refractivity contribution in [2.45, 2.75) is 105 Å². The van der Waals surface area contributed by atoms with Crippen molar-refractivity contribution in [2.24, 2.45) is 0 Å². The molecule has 4 aliphatic rings. The Morgan fingerprint density at radius 1 is 0.221 bits per heavy atom. The van der Waals surface area contributed by atoms with Crippen LogP contribution in [0.3, 0.4) is 0 Å². The average molecular weight is 1110 g/mol. The molecule has 0 unspecified atom stereocenters. The fraction of sp³-hybridized carbons (Fsp3) is 0.195. The van der Waals surface area contributed by atoms with Crippen molar-refractivity contribution in [3.8, 4) is 66.8 Å². The predicted octanol–water partition coefficient (Wildman–Crippen LogP) is 18.1. The van der Waals surface area contributed by atoms with Crippen LogP contribution in [0.4, 0.5) is 34.1 Å². The lowest BCUT2D eigenvalue weighted by Crippen LogP contribution is -2.62. The molecule has 0 amide bonds. The van der Waals surface area contributed by atoms with Crippen molar-refractivity contribution in [3.05, 3.63) is 253 Å². The number of hydrogen-bond acceptors (Lipinski definition) is 2. The van der Waals surface area contributed by atoms with Crippen molar-refractivity contribution >= 4 is 80.3 Å². The number of nitrogens with zero attached hydrogens (tertiary/aromatic N) is 2. The Labute approximate surface area is 511 Å². The second-order valence-electron chi connectivity index (χ2n) is 28.9. The second kappa shape index (κ2) is 19.3. The van der Waals surface area contributed by atoms with Crippen LogP contribution in [0.25, 0.3) is 66.8 Å². The Kier molecular flexibility index (Phi) is 12.1. The topological polar surface area (TPSA) is 6.48 Å². The van der Waals surface area contributed by atoms with Crippen LogP contribution < -0.4 is 42.6 Å². The largest absolute Gasteiger partial charge is 0.311 e. The van der Waals surface area contributed by atoms with Crippen molar-refractivity contribution in [1.82, 2.24) is 0 Å². The standard InChI is InChI=1S/C82H74B2N2/c1-79(2,3)51-43-52(80(4,5)6)46-55(45-51)85-73-41-25-37-67-63-33-19-15-29-59(63)57-27-13-17-31-61(57)65-35-21-23-39-69(65)83(77(67)73)71-49-72-76(50-75(71)85)86(56-47-53(81(7,8)9)44-54(48-56)82(10,11)12)74-42-26-38-68-64-34-20-16-30-60(64)58-28-14-18-32-62(58)66-36-22-24-40-70(66)84(72)78(68)74/h13-50H,1-12H3. The molecule has 4 heteroatoms. The van der Waals surface area contributed by atoms with Crippen LogP contribution in [0, 0.1) is 0 Å². The highest BCUT2D eigenvalue weighted by Gasteiger charge is 2.46. The Bertz CT molecular complexity index is 4260. The molecule has 0 radical (unpaired) electrons. The Balaban J connectivity index is 1.16. The molecule has 15 rings (SSSR count). The SMILES string of the molecule is CC(C)(C)c1cc(N2c3cc4c(cc3B3c5ccccc5-c5ccccc5-c5ccccc5-c5cccc2c53)B2c3ccccc3-c3ccccc3-c3ccccc3-c3cccc(c32)N4c2cc(C(C)(C)C)cc(C(C)(C)C)c2)cc(C(C)(C)C)c1. The number of fused-ring (bicyclic) bond motifs is 18. The zero-order chi connectivity index (χ0) is 59.3. The molecule has 0 saturated carbocycles. The highest BCUT2D eigenvalue weighted by atomic mass is 15.2. The van der Waals surface area contributed by atoms with Crippen LogP contribution in [0.2, 0.25) is 0 Å². The predicted molar refractivity (Wildman–Crippen MR) is 373 cm³/mol. The lowest BCUT2D eigenvalue weighted by Gasteiger charge is -2.44. The van der Waals surface area contributed by atoms with E-state index >= 15 is 0 Å². The third kappa shape index (κ3) is 8.45. The van der Waals surface area contributed by atoms with E-state index in [0.717, 1.165) is 0 Å². The van der Waals surface area contributed by atoms with Gasteiger partial charge in [-0.1, -0.05) is 282 Å². The molecule has 86 heavy (non-hydrogen) atoms. The molecule has 11 aromatic carbocycles. The molecule has 0 atom stereocenters. The fourth-order valence-electron chi connectivity index (χ4n) is 14.8. The highest BCUT2D eigenvalue weighted by Crippen LogP contribution is 2.50. The van der Waals surface area contributed by atoms with E-state index in [1.807, 2.05) is 0 Å². The first-order chi connectivity index (χ1) is 41.2. The van der Waals surface area contributed by atoms with E-state index in [4.69, 9.17) is 0 Å². The monoisotopic (exact) mass is 1110 g/mol. The summed E-state index contributed by atoms with van der Waals surface area (Å²) in [5.74, 6) is 0. The van der Waals surface area contributed by atoms with Crippen LogP contribution in [0.5, 0.6) is 0 Å². The molecule has 11 aromatic rings. The van der Waals surface area contributed by atoms with Gasteiger partial charge in [0, 0.05) is 34.1 Å². The van der Waals surface area contributed by atoms with Crippen molar-refractivity contribution < 1.29 is 0 Å². The molecule has 0 aliphatic carbocycles. The van der Waals surface area contributed by atoms with Crippen LogP contribution in [0.1, 0.15) is 105 Å². The summed E-state index contributed by atoms with van der Waals surface area (Å²) >= 11 is 0. The summed E-state index contributed by atoms with van der Waals surface area (Å²) < 4.78 is 0. The van der Waals surface area contributed by atoms with E-state index < -0.39 is 0 Å². The maximum atomic E-state index is 2.72. The third-order valence-electron chi connectivity index (χ3n) is 19.3. The van der Waals surface area contributed by atoms with E-state index in [1.54, 1.807) is 0 Å². The number of hydrogen-bond donors (Lipinski definition) is 0. The Morgan fingerprint density at radius 2 is 0.477 bits per heavy atom. The summed E-state index contributed by atoms with van der Waals surface area (Å²) in [6, 6.07) is 90.0. The maximum absolute atomic E-state index is 2.72. The molecule has 418 valence electrons. The van der Waals surface area contributed by atoms with Gasteiger partial charge in [-0.15, -0.1) is 0 Å². The first-order valence-electron chi connectivity index (χ1n) is 31.1. The van der Waals surface area contributed by atoms with Gasteiger partial charge in [-0.05, 0) is 175 Å². The van der Waals surface area contributed by atoms with Gasteiger partial charge < -0.3 is 9.80 Å². The van der Waals surface area contributed by atoms with Crippen molar-refractivity contribution in [1.29, 1.82) is 0 Å². The molecule has 4 aliphatic heterocycles. The van der Waals surface area contributed by atoms with E-state index in [2.05, 4.69) is 323 Å². The highest BCUT2D eigenvalue weighted by molar-refractivity contribution is 7.02. The summed E-state index contributed by atoms with van der Waals surface area (Å²) in [4.78, 5) is 5.37. The van der Waals surface area contributed by atoms with E-state index in [0.29, 0.717) is 0 Å². The molecule has 0 aromatic heterocycles. The van der Waals surface area contributed by atoms with Gasteiger partial charge in [0.05, 0.1) is 0 Å². The van der Waals surface area contributed by atoms with Crippen LogP contribution in [-0.2, 0) is 21.7 Å². The first kappa shape index (κ1) is 53.8. The van der Waals surface area contributed by atoms with Gasteiger partial charge in [0.1, 0.15) is 0 Å². The Morgan fingerprint density at radius 3 is 0.779 bits per heavy atom. The average Bonchev–Trinajstić information content (AvgIpc) is 1.04. The molecule has 2 nitrogen and oxygen atoms in total. The lowest BCUT2D eigenvalue weighted by atomic mass is 9.30. The van der Waals surface area contributed by atoms with E-state index in [-0.39, 0.29) is 35.1 Å².